The number of nitrogens with two attached hydrogens (primary N) is 1. The Morgan fingerprint density at radius 2 is 2.27 bits per heavy atom. The van der Waals surface area contributed by atoms with Crippen molar-refractivity contribution < 1.29 is 4.52 Å². The van der Waals surface area contributed by atoms with Gasteiger partial charge in [0.15, 0.2) is 11.9 Å². The van der Waals surface area contributed by atoms with Crippen LogP contribution < -0.4 is 11.1 Å². The van der Waals surface area contributed by atoms with Gasteiger partial charge in [-0.3, -0.25) is 16.1 Å². The van der Waals surface area contributed by atoms with Gasteiger partial charge < -0.3 is 15.2 Å². The number of hydrogen-bond donors (Lipinski definition) is 4. The fourth-order valence-corrected chi connectivity index (χ4v) is 2.44. The molecule has 1 unspecified atom stereocenters. The molecule has 0 heterocycles. The quantitative estimate of drug-likeness (QED) is 0.240. The van der Waals surface area contributed by atoms with Gasteiger partial charge in [0, 0.05) is 26.0 Å². The van der Waals surface area contributed by atoms with Gasteiger partial charge in [0.25, 0.3) is 0 Å². The molecular formula is C7H18N5OPS. The molecule has 0 aliphatic carbocycles. The Bertz CT molecular complexity index is 216. The molecule has 0 amide bonds. The predicted octanol–water partition coefficient (Wildman–Crippen LogP) is 0.614. The fourth-order valence-electron chi connectivity index (χ4n) is 0.660. The third-order valence-electron chi connectivity index (χ3n) is 1.43. The van der Waals surface area contributed by atoms with E-state index in [1.807, 2.05) is 6.92 Å². The highest BCUT2D eigenvalue weighted by Crippen LogP contribution is 2.29. The first kappa shape index (κ1) is 14.5. The lowest BCUT2D eigenvalue weighted by atomic mass is 10.6. The molecule has 0 saturated heterocycles. The first-order valence-electron chi connectivity index (χ1n) is 4.47. The van der Waals surface area contributed by atoms with Gasteiger partial charge >= 0.3 is 0 Å². The van der Waals surface area contributed by atoms with E-state index < -0.39 is 0 Å². The fraction of sp³-hybridized carbons (Fsp3) is 0.714. The molecule has 0 aliphatic rings. The number of nitrogens with one attached hydrogen (secondary N) is 3. The maximum atomic E-state index is 7.50. The van der Waals surface area contributed by atoms with Gasteiger partial charge in [-0.25, -0.2) is 0 Å². The van der Waals surface area contributed by atoms with E-state index >= 15 is 0 Å². The molecule has 0 radical (unpaired) electrons. The summed E-state index contributed by atoms with van der Waals surface area (Å²) in [7, 11) is 2.23. The molecule has 0 spiro atoms. The van der Waals surface area contributed by atoms with Gasteiger partial charge in [0.1, 0.15) is 0 Å². The Hall–Kier alpha value is -0.520. The molecule has 0 rings (SSSR count). The van der Waals surface area contributed by atoms with Crippen LogP contribution in [0.2, 0.25) is 0 Å². The molecule has 0 aromatic heterocycles. The van der Waals surface area contributed by atoms with Gasteiger partial charge in [0.05, 0.1) is 8.01 Å². The van der Waals surface area contributed by atoms with Crippen molar-refractivity contribution >= 4 is 31.3 Å². The van der Waals surface area contributed by atoms with Crippen LogP contribution in [-0.4, -0.2) is 42.8 Å². The Labute approximate surface area is 95.9 Å². The third kappa shape index (κ3) is 8.47. The summed E-state index contributed by atoms with van der Waals surface area (Å²) in [5.74, 6) is 0.815. The van der Waals surface area contributed by atoms with Crippen LogP contribution >= 0.6 is 19.4 Å². The second-order valence-electron chi connectivity index (χ2n) is 2.67. The van der Waals surface area contributed by atoms with Crippen LogP contribution in [0.25, 0.3) is 0 Å². The molecule has 88 valence electrons. The van der Waals surface area contributed by atoms with E-state index in [2.05, 4.69) is 5.32 Å². The van der Waals surface area contributed by atoms with Crippen LogP contribution in [0.15, 0.2) is 0 Å². The second-order valence-corrected chi connectivity index (χ2v) is 5.19. The highest BCUT2D eigenvalue weighted by molar-refractivity contribution is 8.48. The van der Waals surface area contributed by atoms with E-state index in [1.165, 1.54) is 0 Å². The predicted molar refractivity (Wildman–Crippen MR) is 67.8 cm³/mol. The average Bonchev–Trinajstić information content (AvgIpc) is 2.16. The monoisotopic (exact) mass is 251 g/mol. The van der Waals surface area contributed by atoms with Crippen LogP contribution in [0.3, 0.4) is 0 Å². The zero-order valence-electron chi connectivity index (χ0n) is 8.96. The van der Waals surface area contributed by atoms with Crippen molar-refractivity contribution in [1.82, 2.24) is 10.2 Å². The lowest BCUT2D eigenvalue weighted by Crippen LogP contribution is -2.44. The molecule has 8 heteroatoms. The first-order chi connectivity index (χ1) is 7.07. The number of hydrogen-bond acceptors (Lipinski definition) is 4. The van der Waals surface area contributed by atoms with Crippen molar-refractivity contribution in [2.45, 2.75) is 6.92 Å². The molecule has 0 bridgehead atoms. The van der Waals surface area contributed by atoms with Crippen LogP contribution in [0.4, 0.5) is 0 Å². The van der Waals surface area contributed by atoms with Gasteiger partial charge in [-0.1, -0.05) is 0 Å². The molecule has 0 fully saturated rings. The Kier molecular flexibility index (Phi) is 8.46. The van der Waals surface area contributed by atoms with Gasteiger partial charge in [-0.2, -0.15) is 0 Å². The summed E-state index contributed by atoms with van der Waals surface area (Å²) in [5, 5.41) is 16.9. The largest absolute Gasteiger partial charge is 0.370 e. The second kappa shape index (κ2) is 8.76. The van der Waals surface area contributed by atoms with E-state index in [-0.39, 0.29) is 11.9 Å². The standard InChI is InChI=1S/C7H18N5OPS/c1-3-13-14-15-5-4-12(2)7(10)11-6(8)9/h14H,3-5H2,1-2H3,(H5,8,9,10,11). The van der Waals surface area contributed by atoms with Crippen LogP contribution in [-0.2, 0) is 4.52 Å². The lowest BCUT2D eigenvalue weighted by molar-refractivity contribution is 0.397. The minimum Gasteiger partial charge on any atom is -0.370 e. The van der Waals surface area contributed by atoms with Crippen LogP contribution in [0.5, 0.6) is 0 Å². The Morgan fingerprint density at radius 3 is 2.80 bits per heavy atom. The molecule has 0 aromatic carbocycles. The summed E-state index contributed by atoms with van der Waals surface area (Å²) in [6.45, 7) is 3.43. The highest BCUT2D eigenvalue weighted by Gasteiger charge is 2.03. The SMILES string of the molecule is CCOPSCCN(C)C(=N)NC(=N)N. The Morgan fingerprint density at radius 1 is 1.60 bits per heavy atom. The average molecular weight is 251 g/mol. The molecule has 5 N–H and O–H groups in total. The molecule has 1 atom stereocenters. The van der Waals surface area contributed by atoms with E-state index in [1.54, 1.807) is 23.3 Å². The minimum atomic E-state index is -0.212. The zero-order chi connectivity index (χ0) is 11.7. The molecule has 0 aliphatic heterocycles. The van der Waals surface area contributed by atoms with Crippen LogP contribution in [0, 0.1) is 10.8 Å². The summed E-state index contributed by atoms with van der Waals surface area (Å²) in [5.41, 5.74) is 5.11. The van der Waals surface area contributed by atoms with Crippen molar-refractivity contribution in [3.63, 3.8) is 0 Å². The van der Waals surface area contributed by atoms with Gasteiger partial charge in [-0.05, 0) is 6.92 Å². The number of nitrogens with zero attached hydrogens (tertiary/aromatic N) is 1. The minimum absolute atomic E-state index is 0.142. The summed E-state index contributed by atoms with van der Waals surface area (Å²) in [6, 6.07) is 0. The summed E-state index contributed by atoms with van der Waals surface area (Å²) >= 11 is 1.70. The highest BCUT2D eigenvalue weighted by atomic mass is 32.7. The summed E-state index contributed by atoms with van der Waals surface area (Å²) < 4.78 is 5.19. The maximum Gasteiger partial charge on any atom is 0.197 e. The lowest BCUT2D eigenvalue weighted by Gasteiger charge is -2.19. The zero-order valence-corrected chi connectivity index (χ0v) is 10.8. The molecule has 15 heavy (non-hydrogen) atoms. The normalized spacial score (nSPS) is 10.5. The number of guanidine groups is 2. The van der Waals surface area contributed by atoms with Crippen molar-refractivity contribution in [2.75, 3.05) is 26.0 Å². The van der Waals surface area contributed by atoms with Crippen molar-refractivity contribution in [1.29, 1.82) is 10.8 Å². The van der Waals surface area contributed by atoms with Gasteiger partial charge in [0.2, 0.25) is 0 Å². The van der Waals surface area contributed by atoms with Crippen LogP contribution in [0.1, 0.15) is 6.92 Å². The molecule has 0 saturated carbocycles. The molecule has 6 nitrogen and oxygen atoms in total. The van der Waals surface area contributed by atoms with E-state index in [4.69, 9.17) is 21.1 Å². The first-order valence-corrected chi connectivity index (χ1v) is 7.09. The summed E-state index contributed by atoms with van der Waals surface area (Å²) in [6.07, 6.45) is 0. The summed E-state index contributed by atoms with van der Waals surface area (Å²) in [4.78, 5) is 1.70. The third-order valence-corrected chi connectivity index (χ3v) is 3.66. The van der Waals surface area contributed by atoms with E-state index in [9.17, 15) is 0 Å². The smallest absolute Gasteiger partial charge is 0.197 e. The van der Waals surface area contributed by atoms with Crippen molar-refractivity contribution in [2.24, 2.45) is 5.73 Å². The maximum absolute atomic E-state index is 7.50. The van der Waals surface area contributed by atoms with Crippen molar-refractivity contribution in [3.8, 4) is 0 Å². The molecule has 0 aromatic rings. The van der Waals surface area contributed by atoms with Gasteiger partial charge in [-0.15, -0.1) is 11.4 Å². The molecular weight excluding hydrogens is 233 g/mol. The van der Waals surface area contributed by atoms with E-state index in [0.29, 0.717) is 8.01 Å². The number of rotatable bonds is 6. The van der Waals surface area contributed by atoms with Crippen molar-refractivity contribution in [3.05, 3.63) is 0 Å². The Balaban J connectivity index is 3.51. The van der Waals surface area contributed by atoms with E-state index in [0.717, 1.165) is 18.9 Å². The topological polar surface area (TPSA) is 98.2 Å².